The first-order chi connectivity index (χ1) is 14.5. The standard InChI is InChI=1S/C23H26FN3O4/c1-13-18(11-16(12-19(13)24)20(28)25-17-9-10-17)14-5-7-15(8-6-14)21(29)26-27-22(30)31-23(2,3)4/h5-8,11-12,17H,9-10H2,1-4H3,(H,25,28)(H,26,29)(H,27,30). The molecule has 1 aliphatic carbocycles. The summed E-state index contributed by atoms with van der Waals surface area (Å²) in [6, 6.07) is 9.48. The molecule has 0 radical (unpaired) electrons. The van der Waals surface area contributed by atoms with Gasteiger partial charge in [-0.1, -0.05) is 12.1 Å². The van der Waals surface area contributed by atoms with Crippen LogP contribution in [0.15, 0.2) is 36.4 Å². The van der Waals surface area contributed by atoms with Crippen LogP contribution >= 0.6 is 0 Å². The van der Waals surface area contributed by atoms with E-state index in [0.717, 1.165) is 12.8 Å². The number of amides is 3. The lowest BCUT2D eigenvalue weighted by Crippen LogP contribution is -2.44. The Hall–Kier alpha value is -3.42. The Morgan fingerprint density at radius 2 is 1.61 bits per heavy atom. The Kier molecular flexibility index (Phi) is 6.29. The average Bonchev–Trinajstić information content (AvgIpc) is 3.51. The first-order valence-corrected chi connectivity index (χ1v) is 10.0. The molecule has 2 aromatic carbocycles. The number of rotatable bonds is 4. The number of hydrogen-bond donors (Lipinski definition) is 3. The maximum atomic E-state index is 14.4. The summed E-state index contributed by atoms with van der Waals surface area (Å²) >= 11 is 0. The van der Waals surface area contributed by atoms with Gasteiger partial charge < -0.3 is 10.1 Å². The van der Waals surface area contributed by atoms with E-state index < -0.39 is 23.4 Å². The van der Waals surface area contributed by atoms with Crippen molar-refractivity contribution in [2.24, 2.45) is 0 Å². The summed E-state index contributed by atoms with van der Waals surface area (Å²) < 4.78 is 19.5. The van der Waals surface area contributed by atoms with Gasteiger partial charge in [-0.05, 0) is 81.5 Å². The van der Waals surface area contributed by atoms with Crippen LogP contribution < -0.4 is 16.2 Å². The molecule has 2 aromatic rings. The number of hydrogen-bond acceptors (Lipinski definition) is 4. The highest BCUT2D eigenvalue weighted by molar-refractivity contribution is 5.97. The van der Waals surface area contributed by atoms with E-state index in [4.69, 9.17) is 4.74 Å². The predicted octanol–water partition coefficient (Wildman–Crippen LogP) is 3.86. The predicted molar refractivity (Wildman–Crippen MR) is 114 cm³/mol. The molecule has 0 bridgehead atoms. The number of ether oxygens (including phenoxy) is 1. The van der Waals surface area contributed by atoms with Gasteiger partial charge in [0.15, 0.2) is 0 Å². The van der Waals surface area contributed by atoms with E-state index in [9.17, 15) is 18.8 Å². The number of nitrogens with one attached hydrogen (secondary N) is 3. The Labute approximate surface area is 180 Å². The molecule has 164 valence electrons. The van der Waals surface area contributed by atoms with Gasteiger partial charge in [-0.2, -0.15) is 0 Å². The Morgan fingerprint density at radius 3 is 2.19 bits per heavy atom. The molecule has 3 amide bonds. The molecule has 8 heteroatoms. The molecule has 3 rings (SSSR count). The van der Waals surface area contributed by atoms with E-state index in [1.807, 2.05) is 0 Å². The molecule has 0 unspecified atom stereocenters. The van der Waals surface area contributed by atoms with Crippen molar-refractivity contribution in [2.45, 2.75) is 52.2 Å². The summed E-state index contributed by atoms with van der Waals surface area (Å²) in [6.45, 7) is 6.77. The van der Waals surface area contributed by atoms with E-state index in [-0.39, 0.29) is 17.5 Å². The topological polar surface area (TPSA) is 96.5 Å². The second-order valence-electron chi connectivity index (χ2n) is 8.54. The van der Waals surface area contributed by atoms with Crippen molar-refractivity contribution >= 4 is 17.9 Å². The summed E-state index contributed by atoms with van der Waals surface area (Å²) in [6.07, 6.45) is 1.11. The zero-order valence-electron chi connectivity index (χ0n) is 18.0. The van der Waals surface area contributed by atoms with Crippen molar-refractivity contribution in [3.05, 3.63) is 58.9 Å². The van der Waals surface area contributed by atoms with Gasteiger partial charge in [0.25, 0.3) is 11.8 Å². The van der Waals surface area contributed by atoms with Crippen LogP contribution in [0.5, 0.6) is 0 Å². The molecule has 3 N–H and O–H groups in total. The summed E-state index contributed by atoms with van der Waals surface area (Å²) in [5.41, 5.74) is 5.96. The van der Waals surface area contributed by atoms with Crippen molar-refractivity contribution in [3.63, 3.8) is 0 Å². The minimum absolute atomic E-state index is 0.174. The molecule has 0 saturated heterocycles. The normalized spacial score (nSPS) is 13.3. The van der Waals surface area contributed by atoms with Crippen LogP contribution in [0.3, 0.4) is 0 Å². The summed E-state index contributed by atoms with van der Waals surface area (Å²) in [4.78, 5) is 36.2. The first kappa shape index (κ1) is 22.3. The molecule has 7 nitrogen and oxygen atoms in total. The van der Waals surface area contributed by atoms with Crippen LogP contribution in [0.25, 0.3) is 11.1 Å². The van der Waals surface area contributed by atoms with Crippen LogP contribution in [0.2, 0.25) is 0 Å². The zero-order chi connectivity index (χ0) is 22.8. The van der Waals surface area contributed by atoms with Crippen LogP contribution in [0.4, 0.5) is 9.18 Å². The van der Waals surface area contributed by atoms with Gasteiger partial charge in [-0.15, -0.1) is 0 Å². The molecular weight excluding hydrogens is 401 g/mol. The molecule has 1 fully saturated rings. The smallest absolute Gasteiger partial charge is 0.426 e. The maximum absolute atomic E-state index is 14.4. The third-order valence-electron chi connectivity index (χ3n) is 4.65. The summed E-state index contributed by atoms with van der Waals surface area (Å²) in [5.74, 6) is -1.30. The van der Waals surface area contributed by atoms with Crippen LogP contribution in [0.1, 0.15) is 59.9 Å². The molecule has 0 aromatic heterocycles. The van der Waals surface area contributed by atoms with Gasteiger partial charge in [0.1, 0.15) is 11.4 Å². The highest BCUT2D eigenvalue weighted by Crippen LogP contribution is 2.28. The quantitative estimate of drug-likeness (QED) is 0.646. The maximum Gasteiger partial charge on any atom is 0.426 e. The van der Waals surface area contributed by atoms with Gasteiger partial charge in [0.2, 0.25) is 0 Å². The lowest BCUT2D eigenvalue weighted by Gasteiger charge is -2.19. The fraction of sp³-hybridized carbons (Fsp3) is 0.348. The molecule has 1 aliphatic rings. The van der Waals surface area contributed by atoms with Crippen LogP contribution in [-0.2, 0) is 4.74 Å². The average molecular weight is 427 g/mol. The number of hydrazine groups is 1. The molecule has 1 saturated carbocycles. The Balaban J connectivity index is 1.72. The van der Waals surface area contributed by atoms with E-state index in [2.05, 4.69) is 16.2 Å². The van der Waals surface area contributed by atoms with E-state index in [1.165, 1.54) is 6.07 Å². The first-order valence-electron chi connectivity index (χ1n) is 10.0. The van der Waals surface area contributed by atoms with Crippen molar-refractivity contribution in [1.29, 1.82) is 0 Å². The van der Waals surface area contributed by atoms with Gasteiger partial charge in [-0.25, -0.2) is 14.6 Å². The van der Waals surface area contributed by atoms with E-state index in [1.54, 1.807) is 58.0 Å². The van der Waals surface area contributed by atoms with Crippen molar-refractivity contribution in [2.75, 3.05) is 0 Å². The monoisotopic (exact) mass is 427 g/mol. The van der Waals surface area contributed by atoms with E-state index in [0.29, 0.717) is 22.3 Å². The fourth-order valence-corrected chi connectivity index (χ4v) is 2.89. The van der Waals surface area contributed by atoms with Gasteiger partial charge in [0.05, 0.1) is 0 Å². The minimum atomic E-state index is -0.773. The molecule has 31 heavy (non-hydrogen) atoms. The minimum Gasteiger partial charge on any atom is -0.443 e. The fourth-order valence-electron chi connectivity index (χ4n) is 2.89. The van der Waals surface area contributed by atoms with Gasteiger partial charge >= 0.3 is 6.09 Å². The van der Waals surface area contributed by atoms with Gasteiger partial charge in [-0.3, -0.25) is 15.0 Å². The molecule has 0 spiro atoms. The SMILES string of the molecule is Cc1c(F)cc(C(=O)NC2CC2)cc1-c1ccc(C(=O)NNC(=O)OC(C)(C)C)cc1. The van der Waals surface area contributed by atoms with Crippen LogP contribution in [-0.4, -0.2) is 29.6 Å². The van der Waals surface area contributed by atoms with Crippen LogP contribution in [0, 0.1) is 12.7 Å². The molecular formula is C23H26FN3O4. The number of benzene rings is 2. The van der Waals surface area contributed by atoms with Crippen molar-refractivity contribution in [1.82, 2.24) is 16.2 Å². The number of halogens is 1. The Bertz CT molecular complexity index is 1010. The second-order valence-corrected chi connectivity index (χ2v) is 8.54. The third-order valence-corrected chi connectivity index (χ3v) is 4.65. The van der Waals surface area contributed by atoms with Gasteiger partial charge in [0, 0.05) is 17.2 Å². The van der Waals surface area contributed by atoms with E-state index >= 15 is 0 Å². The van der Waals surface area contributed by atoms with Crippen molar-refractivity contribution in [3.8, 4) is 11.1 Å². The Morgan fingerprint density at radius 1 is 0.968 bits per heavy atom. The largest absolute Gasteiger partial charge is 0.443 e. The number of carbonyl (C=O) groups is 3. The molecule has 0 heterocycles. The zero-order valence-corrected chi connectivity index (χ0v) is 18.0. The van der Waals surface area contributed by atoms with Crippen molar-refractivity contribution < 1.29 is 23.5 Å². The highest BCUT2D eigenvalue weighted by atomic mass is 19.1. The summed E-state index contributed by atoms with van der Waals surface area (Å²) in [5, 5.41) is 2.85. The second kappa shape index (κ2) is 8.75. The lowest BCUT2D eigenvalue weighted by molar-refractivity contribution is 0.0483. The third kappa shape index (κ3) is 6.04. The highest BCUT2D eigenvalue weighted by Gasteiger charge is 2.24. The molecule has 0 atom stereocenters. The summed E-state index contributed by atoms with van der Waals surface area (Å²) in [7, 11) is 0. The molecule has 0 aliphatic heterocycles. The number of carbonyl (C=O) groups excluding carboxylic acids is 3. The lowest BCUT2D eigenvalue weighted by atomic mass is 9.96.